The molecule has 0 unspecified atom stereocenters. The van der Waals surface area contributed by atoms with Crippen LogP contribution in [-0.4, -0.2) is 32.4 Å². The molecule has 10 heavy (non-hydrogen) atoms. The van der Waals surface area contributed by atoms with E-state index < -0.39 is 0 Å². The summed E-state index contributed by atoms with van der Waals surface area (Å²) in [5.41, 5.74) is 13.5. The minimum absolute atomic E-state index is 0.167. The van der Waals surface area contributed by atoms with Crippen molar-refractivity contribution in [3.8, 4) is 0 Å². The zero-order chi connectivity index (χ0) is 9.58. The van der Waals surface area contributed by atoms with Crippen LogP contribution in [-0.2, 0) is 0 Å². The molecule has 0 aromatic carbocycles. The van der Waals surface area contributed by atoms with Gasteiger partial charge in [0.25, 0.3) is 0 Å². The smallest absolute Gasteiger partial charge is 0.0483 e. The van der Waals surface area contributed by atoms with Crippen LogP contribution in [0, 0.1) is 0 Å². The summed E-state index contributed by atoms with van der Waals surface area (Å²) in [5.74, 6) is 0. The van der Waals surface area contributed by atoms with Gasteiger partial charge in [0.15, 0.2) is 0 Å². The highest BCUT2D eigenvalue weighted by atomic mass is 16.3. The fraction of sp³-hybridized carbons (Fsp3) is 1.00. The van der Waals surface area contributed by atoms with Crippen molar-refractivity contribution in [2.45, 2.75) is 20.0 Å². The molecule has 0 saturated carbocycles. The lowest BCUT2D eigenvalue weighted by Gasteiger charge is -1.80. The number of rotatable bonds is 0. The second-order valence-corrected chi connectivity index (χ2v) is 1.09. The first-order valence-corrected chi connectivity index (χ1v) is 3.14. The molecule has 4 nitrogen and oxygen atoms in total. The average Bonchev–Trinajstić information content (AvgIpc) is 1.98. The van der Waals surface area contributed by atoms with Crippen molar-refractivity contribution >= 4 is 0 Å². The van der Waals surface area contributed by atoms with Crippen LogP contribution in [0.5, 0.6) is 0 Å². The van der Waals surface area contributed by atoms with Gasteiger partial charge in [0.05, 0.1) is 0 Å². The number of hydrogen-bond acceptors (Lipinski definition) is 4. The monoisotopic (exact) mass is 153 g/mol. The van der Waals surface area contributed by atoms with Crippen LogP contribution in [0.4, 0.5) is 0 Å². The summed E-state index contributed by atoms with van der Waals surface area (Å²) >= 11 is 0. The molecule has 0 saturated heterocycles. The lowest BCUT2D eigenvalue weighted by atomic mass is 10.5. The number of nitrogens with two attached hydrogens (primary N) is 3. The van der Waals surface area contributed by atoms with E-state index in [1.165, 1.54) is 21.1 Å². The Bertz CT molecular complexity index is 17.7. The minimum atomic E-state index is -0.167. The molecule has 0 bridgehead atoms. The van der Waals surface area contributed by atoms with Gasteiger partial charge in [-0.1, -0.05) is 0 Å². The van der Waals surface area contributed by atoms with E-state index in [1.54, 1.807) is 13.8 Å². The summed E-state index contributed by atoms with van der Waals surface area (Å²) in [6, 6.07) is 0. The van der Waals surface area contributed by atoms with Crippen LogP contribution in [0.2, 0.25) is 0 Å². The van der Waals surface area contributed by atoms with Crippen molar-refractivity contribution in [2.24, 2.45) is 17.2 Å². The molecule has 0 aromatic rings. The Hall–Kier alpha value is -0.160. The van der Waals surface area contributed by atoms with Gasteiger partial charge >= 0.3 is 0 Å². The van der Waals surface area contributed by atoms with E-state index >= 15 is 0 Å². The Kier molecular flexibility index (Phi) is 152. The third-order valence-corrected chi connectivity index (χ3v) is 0. The normalized spacial score (nSPS) is 5.40. The largest absolute Gasteiger partial charge is 0.394 e. The number of hydrogen-bond donors (Lipinski definition) is 4. The van der Waals surface area contributed by atoms with Crippen molar-refractivity contribution in [3.05, 3.63) is 0 Å². The van der Waals surface area contributed by atoms with Crippen molar-refractivity contribution in [1.82, 2.24) is 0 Å². The predicted octanol–water partition coefficient (Wildman–Crippen LogP) is -0.888. The average molecular weight is 153 g/mol. The fourth-order valence-electron chi connectivity index (χ4n) is 0. The highest BCUT2D eigenvalue weighted by Gasteiger charge is 1.69. The Balaban J connectivity index is -0.0000000262. The Morgan fingerprint density at radius 3 is 0.800 bits per heavy atom. The summed E-state index contributed by atoms with van der Waals surface area (Å²) in [6.45, 7) is 3.44. The summed E-state index contributed by atoms with van der Waals surface area (Å²) in [6.07, 6.45) is -0.167. The molecule has 68 valence electrons. The quantitative estimate of drug-likeness (QED) is 0.363. The van der Waals surface area contributed by atoms with Gasteiger partial charge in [-0.15, -0.1) is 0 Å². The van der Waals surface area contributed by atoms with E-state index in [-0.39, 0.29) is 6.10 Å². The van der Waals surface area contributed by atoms with Crippen molar-refractivity contribution in [1.29, 1.82) is 0 Å². The minimum Gasteiger partial charge on any atom is -0.394 e. The van der Waals surface area contributed by atoms with Gasteiger partial charge < -0.3 is 22.3 Å². The van der Waals surface area contributed by atoms with Crippen molar-refractivity contribution in [2.75, 3.05) is 21.1 Å². The zero-order valence-corrected chi connectivity index (χ0v) is 7.76. The molecule has 0 fully saturated rings. The van der Waals surface area contributed by atoms with E-state index in [2.05, 4.69) is 17.2 Å². The van der Waals surface area contributed by atoms with Gasteiger partial charge in [-0.3, -0.25) is 0 Å². The van der Waals surface area contributed by atoms with E-state index in [0.29, 0.717) is 0 Å². The molecule has 0 radical (unpaired) electrons. The molecule has 0 spiro atoms. The molecule has 0 heterocycles. The molecule has 7 N–H and O–H groups in total. The standard InChI is InChI=1S/C3H8O.3CH5N/c1-3(2)4;3*1-2/h3-4H,1-2H3;3*2H2,1H3. The zero-order valence-electron chi connectivity index (χ0n) is 7.76. The van der Waals surface area contributed by atoms with Gasteiger partial charge in [0, 0.05) is 6.10 Å². The first kappa shape index (κ1) is 22.5. The number of aliphatic hydroxyl groups is 1. The SMILES string of the molecule is CC(C)O.CN.CN.CN. The summed E-state index contributed by atoms with van der Waals surface area (Å²) in [4.78, 5) is 0. The second-order valence-electron chi connectivity index (χ2n) is 1.09. The third-order valence-electron chi connectivity index (χ3n) is 0. The number of aliphatic hydroxyl groups excluding tert-OH is 1. The first-order valence-electron chi connectivity index (χ1n) is 3.14. The molecule has 0 rings (SSSR count). The van der Waals surface area contributed by atoms with Crippen LogP contribution in [0.15, 0.2) is 0 Å². The van der Waals surface area contributed by atoms with Gasteiger partial charge in [0.2, 0.25) is 0 Å². The fourth-order valence-corrected chi connectivity index (χ4v) is 0. The predicted molar refractivity (Wildman–Crippen MR) is 47.7 cm³/mol. The lowest BCUT2D eigenvalue weighted by molar-refractivity contribution is 0.216. The Morgan fingerprint density at radius 2 is 0.800 bits per heavy atom. The second kappa shape index (κ2) is 67.4. The topological polar surface area (TPSA) is 98.3 Å². The van der Waals surface area contributed by atoms with Gasteiger partial charge in [-0.05, 0) is 35.0 Å². The van der Waals surface area contributed by atoms with Crippen molar-refractivity contribution < 1.29 is 5.11 Å². The molecule has 0 amide bonds. The Labute approximate surface area is 64.4 Å². The maximum atomic E-state index is 8.06. The van der Waals surface area contributed by atoms with Crippen LogP contribution in [0.3, 0.4) is 0 Å². The molecular weight excluding hydrogens is 130 g/mol. The molecule has 0 aromatic heterocycles. The summed E-state index contributed by atoms with van der Waals surface area (Å²) in [5, 5.41) is 8.06. The lowest BCUT2D eigenvalue weighted by Crippen LogP contribution is -1.85. The van der Waals surface area contributed by atoms with Gasteiger partial charge in [-0.25, -0.2) is 0 Å². The van der Waals surface area contributed by atoms with E-state index in [4.69, 9.17) is 5.11 Å². The molecule has 0 aliphatic carbocycles. The molecule has 4 heteroatoms. The van der Waals surface area contributed by atoms with Gasteiger partial charge in [-0.2, -0.15) is 0 Å². The van der Waals surface area contributed by atoms with Crippen LogP contribution in [0.25, 0.3) is 0 Å². The first-order chi connectivity index (χ1) is 4.73. The van der Waals surface area contributed by atoms with Gasteiger partial charge in [0.1, 0.15) is 0 Å². The highest BCUT2D eigenvalue weighted by Crippen LogP contribution is 1.65. The summed E-state index contributed by atoms with van der Waals surface area (Å²) in [7, 11) is 4.50. The molecule has 0 aliphatic heterocycles. The van der Waals surface area contributed by atoms with Crippen LogP contribution < -0.4 is 17.2 Å². The highest BCUT2D eigenvalue weighted by molar-refractivity contribution is 4.20. The maximum Gasteiger partial charge on any atom is 0.0483 e. The van der Waals surface area contributed by atoms with E-state index in [0.717, 1.165) is 0 Å². The van der Waals surface area contributed by atoms with E-state index in [9.17, 15) is 0 Å². The van der Waals surface area contributed by atoms with Crippen LogP contribution in [0.1, 0.15) is 13.8 Å². The van der Waals surface area contributed by atoms with E-state index in [1.807, 2.05) is 0 Å². The molecule has 0 aliphatic rings. The summed E-state index contributed by atoms with van der Waals surface area (Å²) < 4.78 is 0. The maximum absolute atomic E-state index is 8.06. The van der Waals surface area contributed by atoms with Crippen molar-refractivity contribution in [3.63, 3.8) is 0 Å². The molecular formula is C6H23N3O. The molecule has 0 atom stereocenters. The Morgan fingerprint density at radius 1 is 0.800 bits per heavy atom. The third kappa shape index (κ3) is 14300. The van der Waals surface area contributed by atoms with Crippen LogP contribution >= 0.6 is 0 Å².